The molecular weight excluding hydrogens is 216 g/mol. The Bertz CT molecular complexity index is 341. The molecule has 0 aliphatic heterocycles. The van der Waals surface area contributed by atoms with Gasteiger partial charge >= 0.3 is 5.63 Å². The first kappa shape index (κ1) is 8.00. The van der Waals surface area contributed by atoms with Crippen molar-refractivity contribution in [1.29, 1.82) is 0 Å². The Hall–Kier alpha value is -1.10. The van der Waals surface area contributed by atoms with Crippen LogP contribution in [0.5, 0.6) is 0 Å². The van der Waals surface area contributed by atoms with Crippen molar-refractivity contribution in [3.63, 3.8) is 0 Å². The zero-order valence-corrected chi connectivity index (χ0v) is 6.75. The van der Waals surface area contributed by atoms with E-state index >= 15 is 0 Å². The highest BCUT2D eigenvalue weighted by Gasteiger charge is 1.99. The Morgan fingerprint density at radius 3 is 2.73 bits per heavy atom. The molecule has 0 saturated heterocycles. The summed E-state index contributed by atoms with van der Waals surface area (Å²) in [6.45, 7) is 0. The lowest BCUT2D eigenvalue weighted by Crippen LogP contribution is -2.22. The highest BCUT2D eigenvalue weighted by atomic mass is 79.9. The average molecular weight is 218 g/mol. The molecule has 0 fully saturated rings. The van der Waals surface area contributed by atoms with Crippen molar-refractivity contribution >= 4 is 21.9 Å². The lowest BCUT2D eigenvalue weighted by Gasteiger charge is -1.98. The molecule has 0 atom stereocenters. The monoisotopic (exact) mass is 217 g/mol. The Morgan fingerprint density at radius 2 is 2.27 bits per heavy atom. The van der Waals surface area contributed by atoms with Gasteiger partial charge in [-0.05, 0) is 22.0 Å². The number of hydrogen-bond donors (Lipinski definition) is 0. The predicted octanol–water partition coefficient (Wildman–Crippen LogP) is -0.234. The molecule has 0 saturated carbocycles. The minimum Gasteiger partial charge on any atom is -0.545 e. The predicted molar refractivity (Wildman–Crippen MR) is 37.0 cm³/mol. The summed E-state index contributed by atoms with van der Waals surface area (Å²) in [4.78, 5) is 20.7. The number of carbonyl (C=O) groups is 1. The molecule has 0 spiro atoms. The van der Waals surface area contributed by atoms with E-state index in [2.05, 4.69) is 20.3 Å². The van der Waals surface area contributed by atoms with Gasteiger partial charge in [-0.15, -0.1) is 0 Å². The third-order valence-electron chi connectivity index (χ3n) is 1.01. The van der Waals surface area contributed by atoms with E-state index in [1.54, 1.807) is 0 Å². The number of aromatic carboxylic acids is 1. The molecule has 11 heavy (non-hydrogen) atoms. The van der Waals surface area contributed by atoms with E-state index in [-0.39, 0.29) is 10.0 Å². The second-order valence-electron chi connectivity index (χ2n) is 1.76. The molecule has 1 aromatic rings. The molecule has 0 aliphatic carbocycles. The highest BCUT2D eigenvalue weighted by Crippen LogP contribution is 2.05. The first-order valence-corrected chi connectivity index (χ1v) is 3.40. The van der Waals surface area contributed by atoms with E-state index < -0.39 is 11.6 Å². The van der Waals surface area contributed by atoms with E-state index in [1.807, 2.05) is 0 Å². The number of carboxylic acid groups (broad SMARTS) is 1. The second-order valence-corrected chi connectivity index (χ2v) is 2.61. The molecule has 0 aliphatic rings. The van der Waals surface area contributed by atoms with Crippen molar-refractivity contribution in [2.45, 2.75) is 0 Å². The van der Waals surface area contributed by atoms with Gasteiger partial charge in [-0.2, -0.15) is 0 Å². The van der Waals surface area contributed by atoms with Crippen LogP contribution in [0.15, 0.2) is 26.0 Å². The van der Waals surface area contributed by atoms with Crippen LogP contribution in [0.4, 0.5) is 0 Å². The molecule has 0 amide bonds. The zero-order valence-electron chi connectivity index (χ0n) is 5.17. The lowest BCUT2D eigenvalue weighted by molar-refractivity contribution is -0.255. The molecule has 1 heterocycles. The first-order chi connectivity index (χ1) is 5.11. The summed E-state index contributed by atoms with van der Waals surface area (Å²) in [5.41, 5.74) is -0.786. The van der Waals surface area contributed by atoms with Crippen LogP contribution < -0.4 is 10.7 Å². The summed E-state index contributed by atoms with van der Waals surface area (Å²) in [5, 5.41) is 10.2. The molecule has 0 N–H and O–H groups in total. The average Bonchev–Trinajstić information content (AvgIpc) is 1.94. The van der Waals surface area contributed by atoms with Gasteiger partial charge in [0.15, 0.2) is 0 Å². The Morgan fingerprint density at radius 1 is 1.64 bits per heavy atom. The number of carboxylic acids is 1. The maximum Gasteiger partial charge on any atom is 0.350 e. The van der Waals surface area contributed by atoms with Crippen molar-refractivity contribution in [3.8, 4) is 0 Å². The Kier molecular flexibility index (Phi) is 2.09. The maximum atomic E-state index is 10.6. The largest absolute Gasteiger partial charge is 0.545 e. The Labute approximate surface area is 69.6 Å². The smallest absolute Gasteiger partial charge is 0.350 e. The van der Waals surface area contributed by atoms with Crippen LogP contribution in [-0.4, -0.2) is 5.97 Å². The van der Waals surface area contributed by atoms with Gasteiger partial charge < -0.3 is 14.3 Å². The summed E-state index contributed by atoms with van der Waals surface area (Å²) < 4.78 is 4.40. The third kappa shape index (κ3) is 1.68. The zero-order chi connectivity index (χ0) is 8.43. The summed E-state index contributed by atoms with van der Waals surface area (Å²) in [6, 6.07) is 1.13. The van der Waals surface area contributed by atoms with Gasteiger partial charge in [-0.3, -0.25) is 0 Å². The van der Waals surface area contributed by atoms with Crippen LogP contribution >= 0.6 is 15.9 Å². The van der Waals surface area contributed by atoms with E-state index in [0.717, 1.165) is 12.3 Å². The number of rotatable bonds is 1. The van der Waals surface area contributed by atoms with Crippen LogP contribution in [0.3, 0.4) is 0 Å². The number of carbonyl (C=O) groups excluding carboxylic acids is 1. The maximum absolute atomic E-state index is 10.6. The Balaban J connectivity index is 3.26. The molecule has 0 radical (unpaired) electrons. The third-order valence-corrected chi connectivity index (χ3v) is 1.56. The van der Waals surface area contributed by atoms with E-state index in [1.165, 1.54) is 0 Å². The van der Waals surface area contributed by atoms with E-state index in [0.29, 0.717) is 0 Å². The standard InChI is InChI=1S/C6H3BrO4/c7-4-1-3(5(8)9)2-11-6(4)10/h1-2H,(H,8,9)/p-1. The van der Waals surface area contributed by atoms with Crippen molar-refractivity contribution in [1.82, 2.24) is 0 Å². The molecule has 0 bridgehead atoms. The summed E-state index contributed by atoms with van der Waals surface area (Å²) in [5.74, 6) is -1.38. The highest BCUT2D eigenvalue weighted by molar-refractivity contribution is 9.10. The normalized spacial score (nSPS) is 9.55. The van der Waals surface area contributed by atoms with Crippen LogP contribution in [0.1, 0.15) is 10.4 Å². The minimum atomic E-state index is -1.38. The van der Waals surface area contributed by atoms with Gasteiger partial charge in [-0.25, -0.2) is 4.79 Å². The molecule has 4 nitrogen and oxygen atoms in total. The van der Waals surface area contributed by atoms with Crippen molar-refractivity contribution in [2.24, 2.45) is 0 Å². The second kappa shape index (κ2) is 2.87. The molecular formula is C6H2BrO4-. The van der Waals surface area contributed by atoms with Gasteiger partial charge in [0.2, 0.25) is 0 Å². The lowest BCUT2D eigenvalue weighted by atomic mass is 10.3. The van der Waals surface area contributed by atoms with Crippen LogP contribution in [0.25, 0.3) is 0 Å². The van der Waals surface area contributed by atoms with Gasteiger partial charge in [-0.1, -0.05) is 0 Å². The van der Waals surface area contributed by atoms with Crippen molar-refractivity contribution in [2.75, 3.05) is 0 Å². The van der Waals surface area contributed by atoms with Gasteiger partial charge in [0, 0.05) is 5.56 Å². The molecule has 1 aromatic heterocycles. The van der Waals surface area contributed by atoms with Crippen molar-refractivity contribution < 1.29 is 14.3 Å². The van der Waals surface area contributed by atoms with Gasteiger partial charge in [0.25, 0.3) is 0 Å². The SMILES string of the molecule is O=C([O-])c1coc(=O)c(Br)c1. The number of hydrogen-bond acceptors (Lipinski definition) is 4. The summed E-state index contributed by atoms with van der Waals surface area (Å²) >= 11 is 2.82. The molecule has 0 unspecified atom stereocenters. The molecule has 0 aromatic carbocycles. The summed E-state index contributed by atoms with van der Waals surface area (Å²) in [6.07, 6.45) is 0.836. The fourth-order valence-electron chi connectivity index (χ4n) is 0.510. The first-order valence-electron chi connectivity index (χ1n) is 2.61. The van der Waals surface area contributed by atoms with E-state index in [9.17, 15) is 14.7 Å². The van der Waals surface area contributed by atoms with Crippen LogP contribution in [0.2, 0.25) is 0 Å². The quantitative estimate of drug-likeness (QED) is 0.652. The minimum absolute atomic E-state index is 0.0687. The van der Waals surface area contributed by atoms with Crippen molar-refractivity contribution in [3.05, 3.63) is 32.8 Å². The number of halogens is 1. The summed E-state index contributed by atoms with van der Waals surface area (Å²) in [7, 11) is 0. The van der Waals surface area contributed by atoms with Gasteiger partial charge in [0.1, 0.15) is 10.7 Å². The topological polar surface area (TPSA) is 70.3 Å². The van der Waals surface area contributed by atoms with Crippen LogP contribution in [-0.2, 0) is 0 Å². The van der Waals surface area contributed by atoms with Gasteiger partial charge in [0.05, 0.1) is 5.97 Å². The molecule has 58 valence electrons. The van der Waals surface area contributed by atoms with E-state index in [4.69, 9.17) is 0 Å². The fourth-order valence-corrected chi connectivity index (χ4v) is 0.850. The molecule has 1 rings (SSSR count). The van der Waals surface area contributed by atoms with Crippen LogP contribution in [0, 0.1) is 0 Å². The molecule has 5 heteroatoms. The fraction of sp³-hybridized carbons (Fsp3) is 0.